The molecule has 3 rings (SSSR count). The van der Waals surface area contributed by atoms with Gasteiger partial charge in [0.25, 0.3) is 0 Å². The van der Waals surface area contributed by atoms with Crippen molar-refractivity contribution in [2.24, 2.45) is 0 Å². The highest BCUT2D eigenvalue weighted by Crippen LogP contribution is 2.24. The third-order valence-corrected chi connectivity index (χ3v) is 3.94. The Kier molecular flexibility index (Phi) is 4.39. The second-order valence-corrected chi connectivity index (χ2v) is 5.41. The van der Waals surface area contributed by atoms with E-state index in [-0.39, 0.29) is 0 Å². The van der Waals surface area contributed by atoms with E-state index in [9.17, 15) is 4.79 Å². The molecule has 1 saturated heterocycles. The Morgan fingerprint density at radius 1 is 1.05 bits per heavy atom. The first kappa shape index (κ1) is 14.6. The summed E-state index contributed by atoms with van der Waals surface area (Å²) < 4.78 is 5.42. The fourth-order valence-electron chi connectivity index (χ4n) is 2.76. The van der Waals surface area contributed by atoms with E-state index in [1.807, 2.05) is 18.2 Å². The Balaban J connectivity index is 1.81. The van der Waals surface area contributed by atoms with Crippen molar-refractivity contribution in [2.75, 3.05) is 31.2 Å². The van der Waals surface area contributed by atoms with Gasteiger partial charge < -0.3 is 14.7 Å². The number of nitrogens with zero attached hydrogens (tertiary/aromatic N) is 1. The molecule has 1 aliphatic rings. The molecule has 0 amide bonds. The van der Waals surface area contributed by atoms with Gasteiger partial charge in [0.1, 0.15) is 0 Å². The van der Waals surface area contributed by atoms with Crippen molar-refractivity contribution in [1.29, 1.82) is 0 Å². The van der Waals surface area contributed by atoms with E-state index in [0.717, 1.165) is 38.3 Å². The van der Waals surface area contributed by atoms with Crippen molar-refractivity contribution in [2.45, 2.75) is 6.42 Å². The summed E-state index contributed by atoms with van der Waals surface area (Å²) in [5.74, 6) is -0.889. The molecule has 22 heavy (non-hydrogen) atoms. The summed E-state index contributed by atoms with van der Waals surface area (Å²) in [5, 5.41) is 8.96. The summed E-state index contributed by atoms with van der Waals surface area (Å²) in [5.41, 5.74) is 3.94. The van der Waals surface area contributed by atoms with Gasteiger partial charge in [-0.1, -0.05) is 30.3 Å². The number of aromatic carboxylic acids is 1. The van der Waals surface area contributed by atoms with Crippen molar-refractivity contribution < 1.29 is 14.6 Å². The van der Waals surface area contributed by atoms with Crippen molar-refractivity contribution in [3.05, 3.63) is 65.2 Å². The normalized spacial score (nSPS) is 14.8. The van der Waals surface area contributed by atoms with E-state index in [0.29, 0.717) is 5.56 Å². The maximum atomic E-state index is 10.9. The SMILES string of the molecule is O=C(O)c1ccc(Cc2ccccc2N2CCOCC2)cc1. The van der Waals surface area contributed by atoms with Crippen LogP contribution in [0.5, 0.6) is 0 Å². The van der Waals surface area contributed by atoms with Crippen LogP contribution in [0.3, 0.4) is 0 Å². The molecule has 0 spiro atoms. The lowest BCUT2D eigenvalue weighted by Crippen LogP contribution is -2.36. The molecular weight excluding hydrogens is 278 g/mol. The van der Waals surface area contributed by atoms with Gasteiger partial charge >= 0.3 is 5.97 Å². The van der Waals surface area contributed by atoms with Crippen LogP contribution in [0.25, 0.3) is 0 Å². The van der Waals surface area contributed by atoms with E-state index in [1.54, 1.807) is 12.1 Å². The average Bonchev–Trinajstić information content (AvgIpc) is 2.57. The fraction of sp³-hybridized carbons (Fsp3) is 0.278. The van der Waals surface area contributed by atoms with Gasteiger partial charge in [-0.15, -0.1) is 0 Å². The molecular formula is C18H19NO3. The zero-order valence-electron chi connectivity index (χ0n) is 12.4. The second kappa shape index (κ2) is 6.62. The molecule has 0 unspecified atom stereocenters. The Morgan fingerprint density at radius 2 is 1.73 bits per heavy atom. The van der Waals surface area contributed by atoms with Crippen molar-refractivity contribution in [1.82, 2.24) is 0 Å². The number of ether oxygens (including phenoxy) is 1. The largest absolute Gasteiger partial charge is 0.478 e. The number of anilines is 1. The number of morpholine rings is 1. The molecule has 0 aromatic heterocycles. The lowest BCUT2D eigenvalue weighted by atomic mass is 10.0. The molecule has 1 fully saturated rings. The van der Waals surface area contributed by atoms with Gasteiger partial charge in [-0.2, -0.15) is 0 Å². The fourth-order valence-corrected chi connectivity index (χ4v) is 2.76. The van der Waals surface area contributed by atoms with Gasteiger partial charge in [-0.05, 0) is 35.7 Å². The zero-order chi connectivity index (χ0) is 15.4. The smallest absolute Gasteiger partial charge is 0.335 e. The average molecular weight is 297 g/mol. The topological polar surface area (TPSA) is 49.8 Å². The van der Waals surface area contributed by atoms with Gasteiger partial charge in [0.15, 0.2) is 0 Å². The highest BCUT2D eigenvalue weighted by Gasteiger charge is 2.14. The molecule has 2 aromatic rings. The van der Waals surface area contributed by atoms with Gasteiger partial charge in [-0.3, -0.25) is 0 Å². The molecule has 0 bridgehead atoms. The molecule has 114 valence electrons. The van der Waals surface area contributed by atoms with Gasteiger partial charge in [0, 0.05) is 18.8 Å². The molecule has 1 aliphatic heterocycles. The Bertz CT molecular complexity index is 646. The summed E-state index contributed by atoms with van der Waals surface area (Å²) in [7, 11) is 0. The highest BCUT2D eigenvalue weighted by atomic mass is 16.5. The molecule has 0 saturated carbocycles. The maximum Gasteiger partial charge on any atom is 0.335 e. The van der Waals surface area contributed by atoms with Crippen molar-refractivity contribution in [3.63, 3.8) is 0 Å². The quantitative estimate of drug-likeness (QED) is 0.943. The van der Waals surface area contributed by atoms with Crippen LogP contribution in [-0.4, -0.2) is 37.4 Å². The third kappa shape index (κ3) is 3.28. The molecule has 4 nitrogen and oxygen atoms in total. The Hall–Kier alpha value is -2.33. The third-order valence-electron chi connectivity index (χ3n) is 3.94. The predicted molar refractivity (Wildman–Crippen MR) is 85.7 cm³/mol. The van der Waals surface area contributed by atoms with E-state index in [1.165, 1.54) is 11.3 Å². The standard InChI is InChI=1S/C18H19NO3/c20-18(21)15-7-5-14(6-8-15)13-16-3-1-2-4-17(16)19-9-11-22-12-10-19/h1-8H,9-13H2,(H,20,21). The summed E-state index contributed by atoms with van der Waals surface area (Å²) in [6.07, 6.45) is 0.799. The first-order chi connectivity index (χ1) is 10.7. The molecule has 1 heterocycles. The molecule has 0 atom stereocenters. The lowest BCUT2D eigenvalue weighted by Gasteiger charge is -2.30. The first-order valence-corrected chi connectivity index (χ1v) is 7.47. The van der Waals surface area contributed by atoms with E-state index in [4.69, 9.17) is 9.84 Å². The second-order valence-electron chi connectivity index (χ2n) is 5.41. The van der Waals surface area contributed by atoms with Crippen LogP contribution in [0.1, 0.15) is 21.5 Å². The molecule has 0 radical (unpaired) electrons. The number of carboxylic acid groups (broad SMARTS) is 1. The first-order valence-electron chi connectivity index (χ1n) is 7.47. The van der Waals surface area contributed by atoms with Gasteiger partial charge in [0.05, 0.1) is 18.8 Å². The number of para-hydroxylation sites is 1. The number of carboxylic acids is 1. The zero-order valence-corrected chi connectivity index (χ0v) is 12.4. The molecule has 1 N–H and O–H groups in total. The number of hydrogen-bond acceptors (Lipinski definition) is 3. The summed E-state index contributed by atoms with van der Waals surface area (Å²) >= 11 is 0. The summed E-state index contributed by atoms with van der Waals surface area (Å²) in [4.78, 5) is 13.3. The van der Waals surface area contributed by atoms with Crippen LogP contribution >= 0.6 is 0 Å². The number of carbonyl (C=O) groups is 1. The van der Waals surface area contributed by atoms with Crippen LogP contribution in [0.15, 0.2) is 48.5 Å². The summed E-state index contributed by atoms with van der Waals surface area (Å²) in [6.45, 7) is 3.35. The van der Waals surface area contributed by atoms with Crippen LogP contribution in [0.4, 0.5) is 5.69 Å². The predicted octanol–water partition coefficient (Wildman–Crippen LogP) is 2.81. The van der Waals surface area contributed by atoms with Crippen LogP contribution < -0.4 is 4.90 Å². The highest BCUT2D eigenvalue weighted by molar-refractivity contribution is 5.87. The van der Waals surface area contributed by atoms with Gasteiger partial charge in [0.2, 0.25) is 0 Å². The molecule has 4 heteroatoms. The monoisotopic (exact) mass is 297 g/mol. The maximum absolute atomic E-state index is 10.9. The Morgan fingerprint density at radius 3 is 2.41 bits per heavy atom. The summed E-state index contributed by atoms with van der Waals surface area (Å²) in [6, 6.07) is 15.5. The minimum absolute atomic E-state index is 0.324. The van der Waals surface area contributed by atoms with Crippen molar-refractivity contribution in [3.8, 4) is 0 Å². The lowest BCUT2D eigenvalue weighted by molar-refractivity contribution is 0.0697. The Labute approximate surface area is 130 Å². The van der Waals surface area contributed by atoms with E-state index < -0.39 is 5.97 Å². The van der Waals surface area contributed by atoms with E-state index in [2.05, 4.69) is 23.1 Å². The molecule has 2 aromatic carbocycles. The molecule has 0 aliphatic carbocycles. The minimum atomic E-state index is -0.889. The van der Waals surface area contributed by atoms with Crippen molar-refractivity contribution >= 4 is 11.7 Å². The van der Waals surface area contributed by atoms with Crippen LogP contribution in [0.2, 0.25) is 0 Å². The number of hydrogen-bond donors (Lipinski definition) is 1. The van der Waals surface area contributed by atoms with Crippen LogP contribution in [-0.2, 0) is 11.2 Å². The minimum Gasteiger partial charge on any atom is -0.478 e. The van der Waals surface area contributed by atoms with E-state index >= 15 is 0 Å². The number of rotatable bonds is 4. The van der Waals surface area contributed by atoms with Gasteiger partial charge in [-0.25, -0.2) is 4.79 Å². The van der Waals surface area contributed by atoms with Crippen LogP contribution in [0, 0.1) is 0 Å². The number of benzene rings is 2.